The highest BCUT2D eigenvalue weighted by molar-refractivity contribution is 5.80. The smallest absolute Gasteiger partial charge is 0.433 e. The molecule has 1 saturated carbocycles. The zero-order valence-corrected chi connectivity index (χ0v) is 16.4. The van der Waals surface area contributed by atoms with E-state index in [2.05, 4.69) is 9.97 Å². The van der Waals surface area contributed by atoms with Crippen molar-refractivity contribution in [2.24, 2.45) is 0 Å². The monoisotopic (exact) mass is 417 g/mol. The van der Waals surface area contributed by atoms with Crippen LogP contribution in [0.4, 0.5) is 13.2 Å². The number of hydrogen-bond acceptors (Lipinski definition) is 4. The topological polar surface area (TPSA) is 57.0 Å². The molecule has 0 radical (unpaired) electrons. The number of alkyl halides is 3. The van der Waals surface area contributed by atoms with Crippen LogP contribution in [0.15, 0.2) is 42.5 Å². The van der Waals surface area contributed by atoms with Crippen LogP contribution >= 0.6 is 0 Å². The molecule has 2 heterocycles. The van der Waals surface area contributed by atoms with Gasteiger partial charge < -0.3 is 9.30 Å². The number of para-hydroxylation sites is 1. The quantitative estimate of drug-likeness (QED) is 0.509. The molecule has 0 atom stereocenters. The molecule has 0 amide bonds. The molecule has 30 heavy (non-hydrogen) atoms. The second-order valence-corrected chi connectivity index (χ2v) is 7.51. The summed E-state index contributed by atoms with van der Waals surface area (Å²) in [5, 5.41) is 0. The molecule has 1 aliphatic rings. The number of ketones is 1. The fraction of sp³-hybridized carbons (Fsp3) is 0.409. The summed E-state index contributed by atoms with van der Waals surface area (Å²) in [5.41, 5.74) is -0.165. The van der Waals surface area contributed by atoms with Gasteiger partial charge in [0.1, 0.15) is 29.4 Å². The van der Waals surface area contributed by atoms with Crippen LogP contribution in [0.1, 0.15) is 49.7 Å². The number of halogens is 3. The van der Waals surface area contributed by atoms with Crippen LogP contribution in [0.2, 0.25) is 0 Å². The molecule has 1 aromatic carbocycles. The predicted octanol–water partition coefficient (Wildman–Crippen LogP) is 5.15. The fourth-order valence-corrected chi connectivity index (χ4v) is 3.58. The summed E-state index contributed by atoms with van der Waals surface area (Å²) in [6.45, 7) is -0.000444. The van der Waals surface area contributed by atoms with Crippen molar-refractivity contribution < 1.29 is 22.7 Å². The van der Waals surface area contributed by atoms with Crippen LogP contribution in [-0.4, -0.2) is 26.9 Å². The molecule has 8 heteroatoms. The molecular weight excluding hydrogens is 395 g/mol. The number of fused-ring (bicyclic) bond motifs is 1. The van der Waals surface area contributed by atoms with E-state index in [0.717, 1.165) is 25.3 Å². The van der Waals surface area contributed by atoms with Gasteiger partial charge in [-0.3, -0.25) is 4.79 Å². The van der Waals surface area contributed by atoms with Gasteiger partial charge in [0.05, 0.1) is 0 Å². The van der Waals surface area contributed by atoms with E-state index >= 15 is 0 Å². The van der Waals surface area contributed by atoms with Crippen LogP contribution < -0.4 is 4.74 Å². The summed E-state index contributed by atoms with van der Waals surface area (Å²) in [6, 6.07) is 11.6. The van der Waals surface area contributed by atoms with Crippen molar-refractivity contribution in [3.63, 3.8) is 0 Å². The van der Waals surface area contributed by atoms with Crippen LogP contribution in [0.3, 0.4) is 0 Å². The van der Waals surface area contributed by atoms with Gasteiger partial charge in [-0.1, -0.05) is 18.2 Å². The molecule has 0 spiro atoms. The molecule has 5 nitrogen and oxygen atoms in total. The minimum absolute atomic E-state index is 0.000444. The number of hydrogen-bond donors (Lipinski definition) is 0. The number of imidazole rings is 1. The molecule has 0 saturated heterocycles. The Balaban J connectivity index is 1.43. The Morgan fingerprint density at radius 3 is 2.53 bits per heavy atom. The molecular formula is C22H22F3N3O2. The van der Waals surface area contributed by atoms with E-state index in [4.69, 9.17) is 4.74 Å². The molecule has 4 rings (SSSR count). The molecule has 1 fully saturated rings. The van der Waals surface area contributed by atoms with Crippen LogP contribution in [0, 0.1) is 0 Å². The summed E-state index contributed by atoms with van der Waals surface area (Å²) in [5.74, 6) is 1.31. The Morgan fingerprint density at radius 1 is 1.10 bits per heavy atom. The third kappa shape index (κ3) is 4.47. The van der Waals surface area contributed by atoms with Crippen molar-refractivity contribution in [1.82, 2.24) is 14.5 Å². The maximum Gasteiger partial charge on any atom is 0.433 e. The molecule has 1 aliphatic carbocycles. The number of aromatic nitrogens is 3. The minimum Gasteiger partial charge on any atom is -0.486 e. The highest BCUT2D eigenvalue weighted by atomic mass is 19.4. The normalized spacial score (nSPS) is 14.6. The molecule has 3 aromatic rings. The first-order valence-electron chi connectivity index (χ1n) is 10.1. The Bertz CT molecular complexity index is 1030. The zero-order chi connectivity index (χ0) is 21.1. The first-order chi connectivity index (χ1) is 14.4. The highest BCUT2D eigenvalue weighted by Gasteiger charge is 2.34. The highest BCUT2D eigenvalue weighted by Crippen LogP contribution is 2.36. The maximum atomic E-state index is 13.1. The van der Waals surface area contributed by atoms with Crippen molar-refractivity contribution >= 4 is 16.9 Å². The number of Topliss-reactive ketones (excluding diaryl/α,β-unsaturated/α-hetero) is 1. The molecule has 158 valence electrons. The van der Waals surface area contributed by atoms with E-state index < -0.39 is 11.9 Å². The second kappa shape index (κ2) is 8.45. The molecule has 0 unspecified atom stereocenters. The molecule has 2 aromatic heterocycles. The number of aryl methyl sites for hydroxylation is 1. The standard InChI is InChI=1S/C22H22F3N3O2/c23-22(24,25)19-13-12-18-21(27-19)28(15-6-4-7-15)20(26-18)11-5-8-16(29)14-30-17-9-2-1-3-10-17/h1-3,9-10,12-13,15H,4-8,11,14H2. The van der Waals surface area contributed by atoms with E-state index in [0.29, 0.717) is 36.4 Å². The Labute approximate surface area is 171 Å². The Kier molecular flexibility index (Phi) is 5.74. The number of pyridine rings is 1. The third-order valence-electron chi connectivity index (χ3n) is 5.34. The fourth-order valence-electron chi connectivity index (χ4n) is 3.58. The van der Waals surface area contributed by atoms with E-state index in [-0.39, 0.29) is 24.1 Å². The predicted molar refractivity (Wildman–Crippen MR) is 105 cm³/mol. The van der Waals surface area contributed by atoms with Crippen molar-refractivity contribution in [1.29, 1.82) is 0 Å². The number of benzene rings is 1. The number of carbonyl (C=O) groups excluding carboxylic acids is 1. The third-order valence-corrected chi connectivity index (χ3v) is 5.34. The van der Waals surface area contributed by atoms with Gasteiger partial charge in [-0.25, -0.2) is 9.97 Å². The van der Waals surface area contributed by atoms with Gasteiger partial charge in [0.15, 0.2) is 11.4 Å². The van der Waals surface area contributed by atoms with E-state index in [9.17, 15) is 18.0 Å². The Hall–Kier alpha value is -2.90. The van der Waals surface area contributed by atoms with Crippen molar-refractivity contribution in [2.45, 2.75) is 50.7 Å². The second-order valence-electron chi connectivity index (χ2n) is 7.51. The Morgan fingerprint density at radius 2 is 1.87 bits per heavy atom. The lowest BCUT2D eigenvalue weighted by Crippen LogP contribution is -2.20. The van der Waals surface area contributed by atoms with E-state index in [1.165, 1.54) is 6.07 Å². The summed E-state index contributed by atoms with van der Waals surface area (Å²) in [4.78, 5) is 20.5. The van der Waals surface area contributed by atoms with Gasteiger partial charge in [0.2, 0.25) is 0 Å². The number of carbonyl (C=O) groups is 1. The summed E-state index contributed by atoms with van der Waals surface area (Å²) in [7, 11) is 0. The van der Waals surface area contributed by atoms with E-state index in [1.807, 2.05) is 22.8 Å². The van der Waals surface area contributed by atoms with Gasteiger partial charge in [-0.05, 0) is 49.9 Å². The SMILES string of the molecule is O=C(CCCc1nc2ccc(C(F)(F)F)nc2n1C1CCC1)COc1ccccc1. The van der Waals surface area contributed by atoms with Gasteiger partial charge in [-0.15, -0.1) is 0 Å². The van der Waals surface area contributed by atoms with Gasteiger partial charge in [-0.2, -0.15) is 13.2 Å². The lowest BCUT2D eigenvalue weighted by atomic mass is 9.92. The maximum absolute atomic E-state index is 13.1. The van der Waals surface area contributed by atoms with E-state index in [1.54, 1.807) is 12.1 Å². The van der Waals surface area contributed by atoms with Gasteiger partial charge >= 0.3 is 6.18 Å². The van der Waals surface area contributed by atoms with Crippen LogP contribution in [0.5, 0.6) is 5.75 Å². The lowest BCUT2D eigenvalue weighted by Gasteiger charge is -2.28. The average Bonchev–Trinajstić information content (AvgIpc) is 3.03. The number of ether oxygens (including phenoxy) is 1. The van der Waals surface area contributed by atoms with Crippen LogP contribution in [0.25, 0.3) is 11.2 Å². The number of rotatable bonds is 8. The lowest BCUT2D eigenvalue weighted by molar-refractivity contribution is -0.141. The zero-order valence-electron chi connectivity index (χ0n) is 16.4. The first-order valence-corrected chi connectivity index (χ1v) is 10.1. The summed E-state index contributed by atoms with van der Waals surface area (Å²) >= 11 is 0. The van der Waals surface area contributed by atoms with Crippen LogP contribution in [-0.2, 0) is 17.4 Å². The molecule has 0 bridgehead atoms. The van der Waals surface area contributed by atoms with Gasteiger partial charge in [0.25, 0.3) is 0 Å². The van der Waals surface area contributed by atoms with Crippen molar-refractivity contribution in [3.8, 4) is 5.75 Å². The number of nitrogens with zero attached hydrogens (tertiary/aromatic N) is 3. The summed E-state index contributed by atoms with van der Waals surface area (Å²) in [6.07, 6.45) is -0.265. The average molecular weight is 417 g/mol. The van der Waals surface area contributed by atoms with Crippen molar-refractivity contribution in [2.75, 3.05) is 6.61 Å². The molecule has 0 aliphatic heterocycles. The largest absolute Gasteiger partial charge is 0.486 e. The first kappa shape index (κ1) is 20.4. The minimum atomic E-state index is -4.49. The van der Waals surface area contributed by atoms with Gasteiger partial charge in [0, 0.05) is 18.9 Å². The summed E-state index contributed by atoms with van der Waals surface area (Å²) < 4.78 is 46.6. The molecule has 0 N–H and O–H groups in total. The van der Waals surface area contributed by atoms with Crippen molar-refractivity contribution in [3.05, 3.63) is 54.0 Å².